The number of carbonyl (C=O) groups excluding carboxylic acids is 1. The first-order valence-electron chi connectivity index (χ1n) is 7.34. The molecule has 0 aromatic heterocycles. The number of nitrogens with zero attached hydrogens (tertiary/aromatic N) is 3. The van der Waals surface area contributed by atoms with Crippen molar-refractivity contribution in [2.24, 2.45) is 5.92 Å². The second-order valence-electron chi connectivity index (χ2n) is 5.98. The second-order valence-corrected chi connectivity index (χ2v) is 5.98. The molecule has 2 fully saturated rings. The molecule has 0 radical (unpaired) electrons. The molecule has 2 aliphatic heterocycles. The number of piperazine rings is 1. The van der Waals surface area contributed by atoms with Crippen LogP contribution in [0.4, 0.5) is 0 Å². The third-order valence-corrected chi connectivity index (χ3v) is 4.24. The van der Waals surface area contributed by atoms with Crippen molar-refractivity contribution in [3.8, 4) is 0 Å². The van der Waals surface area contributed by atoms with Crippen molar-refractivity contribution in [1.29, 1.82) is 0 Å². The Kier molecular flexibility index (Phi) is 5.01. The fourth-order valence-electron chi connectivity index (χ4n) is 2.96. The molecule has 2 rings (SSSR count). The fourth-order valence-corrected chi connectivity index (χ4v) is 2.96. The second kappa shape index (κ2) is 6.53. The van der Waals surface area contributed by atoms with Crippen molar-refractivity contribution >= 4 is 5.91 Å². The number of rotatable bonds is 3. The van der Waals surface area contributed by atoms with Gasteiger partial charge in [0.05, 0.1) is 0 Å². The van der Waals surface area contributed by atoms with E-state index < -0.39 is 0 Å². The van der Waals surface area contributed by atoms with E-state index in [9.17, 15) is 4.79 Å². The van der Waals surface area contributed by atoms with Crippen molar-refractivity contribution in [2.75, 3.05) is 52.9 Å². The summed E-state index contributed by atoms with van der Waals surface area (Å²) in [4.78, 5) is 18.9. The highest BCUT2D eigenvalue weighted by atomic mass is 16.2. The van der Waals surface area contributed by atoms with Gasteiger partial charge >= 0.3 is 0 Å². The smallest absolute Gasteiger partial charge is 0.223 e. The minimum absolute atomic E-state index is 0.348. The molecule has 1 amide bonds. The summed E-state index contributed by atoms with van der Waals surface area (Å²) in [5.41, 5.74) is 0. The van der Waals surface area contributed by atoms with E-state index in [0.717, 1.165) is 38.6 Å². The molecule has 1 atom stereocenters. The number of likely N-dealkylation sites (N-methyl/N-ethyl adjacent to an activating group) is 1. The first-order valence-corrected chi connectivity index (χ1v) is 7.34. The Morgan fingerprint density at radius 3 is 2.56 bits per heavy atom. The molecule has 0 aromatic rings. The van der Waals surface area contributed by atoms with E-state index in [0.29, 0.717) is 12.3 Å². The normalized spacial score (nSPS) is 27.4. The Morgan fingerprint density at radius 2 is 1.89 bits per heavy atom. The van der Waals surface area contributed by atoms with Crippen molar-refractivity contribution in [1.82, 2.24) is 14.7 Å². The molecule has 18 heavy (non-hydrogen) atoms. The zero-order valence-electron chi connectivity index (χ0n) is 11.9. The lowest BCUT2D eigenvalue weighted by atomic mass is 10.0. The zero-order chi connectivity index (χ0) is 13.0. The number of carbonyl (C=O) groups is 1. The van der Waals surface area contributed by atoms with E-state index in [1.807, 2.05) is 4.90 Å². The highest BCUT2D eigenvalue weighted by molar-refractivity contribution is 5.76. The van der Waals surface area contributed by atoms with Gasteiger partial charge in [0.15, 0.2) is 0 Å². The van der Waals surface area contributed by atoms with Gasteiger partial charge in [0, 0.05) is 45.7 Å². The van der Waals surface area contributed by atoms with Gasteiger partial charge in [0.2, 0.25) is 5.91 Å². The predicted octanol–water partition coefficient (Wildman–Crippen LogP) is 0.882. The Bertz CT molecular complexity index is 274. The molecule has 104 valence electrons. The van der Waals surface area contributed by atoms with Crippen LogP contribution in [0.5, 0.6) is 0 Å². The van der Waals surface area contributed by atoms with Crippen molar-refractivity contribution in [3.05, 3.63) is 0 Å². The quantitative estimate of drug-likeness (QED) is 0.747. The lowest BCUT2D eigenvalue weighted by Crippen LogP contribution is -2.48. The molecule has 2 saturated heterocycles. The summed E-state index contributed by atoms with van der Waals surface area (Å²) in [5, 5.41) is 0. The number of piperidine rings is 1. The molecule has 0 N–H and O–H groups in total. The number of hydrogen-bond acceptors (Lipinski definition) is 3. The molecule has 2 heterocycles. The van der Waals surface area contributed by atoms with E-state index in [1.54, 1.807) is 0 Å². The SMILES string of the molecule is CC1CCCN(CCC(=O)N2CCN(C)CC2)C1. The number of amides is 1. The van der Waals surface area contributed by atoms with Crippen LogP contribution in [0.15, 0.2) is 0 Å². The average Bonchev–Trinajstić information content (AvgIpc) is 2.37. The predicted molar refractivity (Wildman–Crippen MR) is 73.5 cm³/mol. The standard InChI is InChI=1S/C14H27N3O/c1-13-4-3-6-16(12-13)7-5-14(18)17-10-8-15(2)9-11-17/h13H,3-12H2,1-2H3. The van der Waals surface area contributed by atoms with E-state index >= 15 is 0 Å². The Labute approximate surface area is 111 Å². The van der Waals surface area contributed by atoms with Crippen LogP contribution in [0.2, 0.25) is 0 Å². The lowest BCUT2D eigenvalue weighted by Gasteiger charge is -2.34. The maximum absolute atomic E-state index is 12.1. The third-order valence-electron chi connectivity index (χ3n) is 4.24. The molecule has 0 aromatic carbocycles. The molecule has 1 unspecified atom stereocenters. The first-order chi connectivity index (χ1) is 8.65. The molecule has 0 aliphatic carbocycles. The summed E-state index contributed by atoms with van der Waals surface area (Å²) in [6.07, 6.45) is 3.35. The van der Waals surface area contributed by atoms with Crippen LogP contribution in [0.3, 0.4) is 0 Å². The van der Waals surface area contributed by atoms with E-state index in [2.05, 4.69) is 23.8 Å². The van der Waals surface area contributed by atoms with Gasteiger partial charge in [-0.15, -0.1) is 0 Å². The largest absolute Gasteiger partial charge is 0.340 e. The molecule has 4 nitrogen and oxygen atoms in total. The van der Waals surface area contributed by atoms with Gasteiger partial charge in [-0.1, -0.05) is 6.92 Å². The summed E-state index contributed by atoms with van der Waals surface area (Å²) in [7, 11) is 2.12. The molecule has 0 bridgehead atoms. The molecule has 0 saturated carbocycles. The summed E-state index contributed by atoms with van der Waals surface area (Å²) in [5.74, 6) is 1.15. The molecular formula is C14H27N3O. The Balaban J connectivity index is 1.68. The van der Waals surface area contributed by atoms with Gasteiger partial charge in [0.1, 0.15) is 0 Å². The minimum Gasteiger partial charge on any atom is -0.340 e. The van der Waals surface area contributed by atoms with Gasteiger partial charge < -0.3 is 14.7 Å². The summed E-state index contributed by atoms with van der Waals surface area (Å²) in [6.45, 7) is 9.48. The zero-order valence-corrected chi connectivity index (χ0v) is 11.9. The number of hydrogen-bond donors (Lipinski definition) is 0. The Hall–Kier alpha value is -0.610. The third kappa shape index (κ3) is 3.95. The monoisotopic (exact) mass is 253 g/mol. The molecule has 0 spiro atoms. The summed E-state index contributed by atoms with van der Waals surface area (Å²) >= 11 is 0. The van der Waals surface area contributed by atoms with Crippen LogP contribution in [0.1, 0.15) is 26.2 Å². The molecule has 2 aliphatic rings. The van der Waals surface area contributed by atoms with Gasteiger partial charge in [0.25, 0.3) is 0 Å². The van der Waals surface area contributed by atoms with E-state index in [-0.39, 0.29) is 0 Å². The highest BCUT2D eigenvalue weighted by Gasteiger charge is 2.21. The van der Waals surface area contributed by atoms with Crippen LogP contribution in [0, 0.1) is 5.92 Å². The molecule has 4 heteroatoms. The van der Waals surface area contributed by atoms with Crippen molar-refractivity contribution < 1.29 is 4.79 Å². The van der Waals surface area contributed by atoms with E-state index in [1.165, 1.54) is 25.9 Å². The van der Waals surface area contributed by atoms with Gasteiger partial charge in [-0.3, -0.25) is 4.79 Å². The average molecular weight is 253 g/mol. The van der Waals surface area contributed by atoms with Gasteiger partial charge in [-0.2, -0.15) is 0 Å². The maximum Gasteiger partial charge on any atom is 0.223 e. The van der Waals surface area contributed by atoms with Crippen molar-refractivity contribution in [3.63, 3.8) is 0 Å². The lowest BCUT2D eigenvalue weighted by molar-refractivity contribution is -0.133. The Morgan fingerprint density at radius 1 is 1.17 bits per heavy atom. The van der Waals surface area contributed by atoms with Crippen LogP contribution in [-0.2, 0) is 4.79 Å². The van der Waals surface area contributed by atoms with Crippen LogP contribution >= 0.6 is 0 Å². The van der Waals surface area contributed by atoms with Crippen LogP contribution < -0.4 is 0 Å². The van der Waals surface area contributed by atoms with Gasteiger partial charge in [-0.05, 0) is 32.4 Å². The van der Waals surface area contributed by atoms with E-state index in [4.69, 9.17) is 0 Å². The summed E-state index contributed by atoms with van der Waals surface area (Å²) in [6, 6.07) is 0. The van der Waals surface area contributed by atoms with Crippen LogP contribution in [-0.4, -0.2) is 73.5 Å². The molecular weight excluding hydrogens is 226 g/mol. The fraction of sp³-hybridized carbons (Fsp3) is 0.929. The highest BCUT2D eigenvalue weighted by Crippen LogP contribution is 2.15. The number of likely N-dealkylation sites (tertiary alicyclic amines) is 1. The van der Waals surface area contributed by atoms with Crippen molar-refractivity contribution in [2.45, 2.75) is 26.2 Å². The first kappa shape index (κ1) is 13.8. The summed E-state index contributed by atoms with van der Waals surface area (Å²) < 4.78 is 0. The van der Waals surface area contributed by atoms with Gasteiger partial charge in [-0.25, -0.2) is 0 Å². The minimum atomic E-state index is 0.348. The topological polar surface area (TPSA) is 26.8 Å². The van der Waals surface area contributed by atoms with Crippen LogP contribution in [0.25, 0.3) is 0 Å². The maximum atomic E-state index is 12.1.